The van der Waals surface area contributed by atoms with Gasteiger partial charge in [-0.2, -0.15) is 0 Å². The van der Waals surface area contributed by atoms with Gasteiger partial charge in [0.25, 0.3) is 11.8 Å². The number of ketones is 2. The molecular formula is C26H14N2O4S2. The molecule has 0 radical (unpaired) electrons. The number of hydrogen-bond donors (Lipinski definition) is 0. The molecule has 8 heteroatoms. The molecule has 3 aromatic carbocycles. The Morgan fingerprint density at radius 2 is 0.882 bits per heavy atom. The Morgan fingerprint density at radius 1 is 0.500 bits per heavy atom. The number of carbonyl (C=O) groups is 4. The normalized spacial score (nSPS) is 17.6. The summed E-state index contributed by atoms with van der Waals surface area (Å²) >= 11 is 2.05. The summed E-state index contributed by atoms with van der Waals surface area (Å²) in [4.78, 5) is 54.0. The molecule has 6 nitrogen and oxygen atoms in total. The van der Waals surface area contributed by atoms with Gasteiger partial charge < -0.3 is 0 Å². The van der Waals surface area contributed by atoms with Crippen LogP contribution in [0.3, 0.4) is 0 Å². The lowest BCUT2D eigenvalue weighted by Gasteiger charge is -2.27. The lowest BCUT2D eigenvalue weighted by Crippen LogP contribution is -2.41. The zero-order valence-electron chi connectivity index (χ0n) is 17.4. The van der Waals surface area contributed by atoms with Gasteiger partial charge in [-0.25, -0.2) is 10.0 Å². The summed E-state index contributed by atoms with van der Waals surface area (Å²) in [6.45, 7) is 0. The predicted molar refractivity (Wildman–Crippen MR) is 132 cm³/mol. The summed E-state index contributed by atoms with van der Waals surface area (Å²) in [6, 6.07) is 24.4. The quantitative estimate of drug-likeness (QED) is 0.380. The third-order valence-electron chi connectivity index (χ3n) is 5.64. The number of allylic oxidation sites excluding steroid dienone is 2. The molecule has 34 heavy (non-hydrogen) atoms. The molecule has 2 heterocycles. The van der Waals surface area contributed by atoms with E-state index in [1.807, 2.05) is 12.1 Å². The maximum absolute atomic E-state index is 13.7. The highest BCUT2D eigenvalue weighted by atomic mass is 32.2. The molecule has 3 aliphatic rings. The summed E-state index contributed by atoms with van der Waals surface area (Å²) in [5.41, 5.74) is 1.69. The van der Waals surface area contributed by atoms with Crippen LogP contribution < -0.4 is 10.0 Å². The van der Waals surface area contributed by atoms with Crippen LogP contribution in [0.5, 0.6) is 0 Å². The second kappa shape index (κ2) is 7.86. The number of Topliss-reactive ketones (excluding diaryl/α,β-unsaturated/α-hetero) is 2. The van der Waals surface area contributed by atoms with Crippen LogP contribution in [0.15, 0.2) is 105 Å². The molecule has 0 saturated carbocycles. The monoisotopic (exact) mass is 482 g/mol. The molecule has 1 saturated heterocycles. The average Bonchev–Trinajstić information content (AvgIpc) is 3.42. The Bertz CT molecular complexity index is 1370. The molecule has 0 atom stereocenters. The van der Waals surface area contributed by atoms with Crippen molar-refractivity contribution in [1.29, 1.82) is 0 Å². The number of anilines is 2. The predicted octanol–water partition coefficient (Wildman–Crippen LogP) is 4.96. The Balaban J connectivity index is 1.46. The molecular weight excluding hydrogens is 468 g/mol. The van der Waals surface area contributed by atoms with E-state index in [2.05, 4.69) is 0 Å². The van der Waals surface area contributed by atoms with Crippen molar-refractivity contribution in [3.05, 3.63) is 116 Å². The molecule has 2 amide bonds. The highest BCUT2D eigenvalue weighted by Gasteiger charge is 2.48. The SMILES string of the molecule is O=C1C2=C(SC(=C3C(=O)N(c4ccccc4)N(c4ccccc4)C3=O)S2)C(=O)c2ccccc21. The van der Waals surface area contributed by atoms with Crippen molar-refractivity contribution < 1.29 is 19.2 Å². The number of carbonyl (C=O) groups excluding carboxylic acids is 4. The van der Waals surface area contributed by atoms with Gasteiger partial charge in [0.05, 0.1) is 25.4 Å². The second-order valence-electron chi connectivity index (χ2n) is 7.63. The maximum Gasteiger partial charge on any atom is 0.284 e. The molecule has 0 spiro atoms. The van der Waals surface area contributed by atoms with Gasteiger partial charge in [-0.05, 0) is 24.3 Å². The number of nitrogens with zero attached hydrogens (tertiary/aromatic N) is 2. The van der Waals surface area contributed by atoms with E-state index < -0.39 is 11.8 Å². The van der Waals surface area contributed by atoms with E-state index in [9.17, 15) is 19.2 Å². The van der Waals surface area contributed by atoms with E-state index in [4.69, 9.17) is 0 Å². The molecule has 6 rings (SSSR count). The average molecular weight is 483 g/mol. The molecule has 3 aromatic rings. The van der Waals surface area contributed by atoms with E-state index in [1.54, 1.807) is 72.8 Å². The van der Waals surface area contributed by atoms with Crippen molar-refractivity contribution in [1.82, 2.24) is 0 Å². The van der Waals surface area contributed by atoms with Gasteiger partial charge in [0, 0.05) is 11.1 Å². The minimum Gasteiger partial charge on any atom is -0.288 e. The van der Waals surface area contributed by atoms with Gasteiger partial charge >= 0.3 is 0 Å². The number of amides is 2. The van der Waals surface area contributed by atoms with Gasteiger partial charge in [0.15, 0.2) is 0 Å². The first-order valence-electron chi connectivity index (χ1n) is 10.4. The largest absolute Gasteiger partial charge is 0.288 e. The molecule has 0 N–H and O–H groups in total. The zero-order chi connectivity index (χ0) is 23.4. The Kier molecular flexibility index (Phi) is 4.79. The molecule has 0 aromatic heterocycles. The minimum absolute atomic E-state index is 0.0539. The van der Waals surface area contributed by atoms with Gasteiger partial charge in [-0.1, -0.05) is 84.2 Å². The third kappa shape index (κ3) is 2.99. The van der Waals surface area contributed by atoms with Gasteiger partial charge in [-0.3, -0.25) is 19.2 Å². The van der Waals surface area contributed by atoms with Crippen LogP contribution in [0.4, 0.5) is 11.4 Å². The number of fused-ring (bicyclic) bond motifs is 1. The fourth-order valence-corrected chi connectivity index (χ4v) is 6.70. The topological polar surface area (TPSA) is 74.8 Å². The first kappa shape index (κ1) is 20.7. The van der Waals surface area contributed by atoms with Crippen LogP contribution in [0.2, 0.25) is 0 Å². The van der Waals surface area contributed by atoms with Crippen molar-refractivity contribution in [2.75, 3.05) is 10.0 Å². The lowest BCUT2D eigenvalue weighted by molar-refractivity contribution is -0.116. The fourth-order valence-electron chi connectivity index (χ4n) is 4.09. The van der Waals surface area contributed by atoms with E-state index >= 15 is 0 Å². The van der Waals surface area contributed by atoms with Crippen molar-refractivity contribution in [2.24, 2.45) is 0 Å². The standard InChI is InChI=1S/C26H14N2O4S2/c29-20-17-13-7-8-14-18(17)21(30)23-22(20)33-26(34-23)19-24(31)27(15-9-3-1-4-10-15)28(25(19)32)16-11-5-2-6-12-16/h1-14H. The van der Waals surface area contributed by atoms with Gasteiger partial charge in [0.2, 0.25) is 11.6 Å². The maximum atomic E-state index is 13.7. The lowest BCUT2D eigenvalue weighted by atomic mass is 9.94. The Morgan fingerprint density at radius 3 is 1.29 bits per heavy atom. The molecule has 0 unspecified atom stereocenters. The number of rotatable bonds is 2. The van der Waals surface area contributed by atoms with Crippen molar-refractivity contribution in [3.8, 4) is 0 Å². The summed E-state index contributed by atoms with van der Waals surface area (Å²) in [5.74, 6) is -1.55. The van der Waals surface area contributed by atoms with Crippen LogP contribution in [0.1, 0.15) is 20.7 Å². The van der Waals surface area contributed by atoms with E-state index in [0.717, 1.165) is 23.5 Å². The number of hydrogen-bond acceptors (Lipinski definition) is 6. The summed E-state index contributed by atoms with van der Waals surface area (Å²) in [7, 11) is 0. The molecule has 1 aliphatic carbocycles. The summed E-state index contributed by atoms with van der Waals surface area (Å²) < 4.78 is 0.342. The van der Waals surface area contributed by atoms with Gasteiger partial charge in [-0.15, -0.1) is 0 Å². The summed E-state index contributed by atoms with van der Waals surface area (Å²) in [6.07, 6.45) is 0. The number of hydrazine groups is 1. The fraction of sp³-hybridized carbons (Fsp3) is 0. The molecule has 164 valence electrons. The van der Waals surface area contributed by atoms with Crippen LogP contribution in [-0.4, -0.2) is 23.4 Å². The van der Waals surface area contributed by atoms with Crippen molar-refractivity contribution in [2.45, 2.75) is 0 Å². The number of benzene rings is 3. The molecule has 0 bridgehead atoms. The highest BCUT2D eigenvalue weighted by molar-refractivity contribution is 8.29. The molecule has 1 fully saturated rings. The highest BCUT2D eigenvalue weighted by Crippen LogP contribution is 2.55. The number of para-hydroxylation sites is 2. The van der Waals surface area contributed by atoms with Crippen LogP contribution in [0, 0.1) is 0 Å². The van der Waals surface area contributed by atoms with Crippen molar-refractivity contribution in [3.63, 3.8) is 0 Å². The third-order valence-corrected chi connectivity index (χ3v) is 8.24. The first-order valence-corrected chi connectivity index (χ1v) is 12.0. The zero-order valence-corrected chi connectivity index (χ0v) is 19.1. The number of thioether (sulfide) groups is 2. The first-order chi connectivity index (χ1) is 16.6. The van der Waals surface area contributed by atoms with Crippen LogP contribution in [-0.2, 0) is 9.59 Å². The summed E-state index contributed by atoms with van der Waals surface area (Å²) in [5, 5.41) is 2.66. The van der Waals surface area contributed by atoms with Crippen LogP contribution >= 0.6 is 23.5 Å². The molecule has 2 aliphatic heterocycles. The minimum atomic E-state index is -0.507. The Hall–Kier alpha value is -3.88. The van der Waals surface area contributed by atoms with Crippen molar-refractivity contribution >= 4 is 58.3 Å². The Labute approximate surface area is 202 Å². The smallest absolute Gasteiger partial charge is 0.284 e. The van der Waals surface area contributed by atoms with Gasteiger partial charge in [0.1, 0.15) is 5.57 Å². The van der Waals surface area contributed by atoms with E-state index in [-0.39, 0.29) is 26.9 Å². The van der Waals surface area contributed by atoms with Crippen LogP contribution in [0.25, 0.3) is 0 Å². The van der Waals surface area contributed by atoms with E-state index in [1.165, 1.54) is 10.0 Å². The van der Waals surface area contributed by atoms with E-state index in [0.29, 0.717) is 26.7 Å². The second-order valence-corrected chi connectivity index (χ2v) is 9.93.